The molecular formula is C14H10O2. The van der Waals surface area contributed by atoms with Crippen molar-refractivity contribution in [3.63, 3.8) is 0 Å². The quantitative estimate of drug-likeness (QED) is 0.664. The van der Waals surface area contributed by atoms with Crippen LogP contribution in [0.5, 0.6) is 11.5 Å². The minimum Gasteiger partial charge on any atom is -0.478 e. The third-order valence-electron chi connectivity index (χ3n) is 3.24. The summed E-state index contributed by atoms with van der Waals surface area (Å²) in [6.07, 6.45) is 0.150. The van der Waals surface area contributed by atoms with E-state index in [9.17, 15) is 0 Å². The summed E-state index contributed by atoms with van der Waals surface area (Å²) in [6.45, 7) is 0. The van der Waals surface area contributed by atoms with Gasteiger partial charge in [0.2, 0.25) is 0 Å². The third kappa shape index (κ3) is 0.915. The monoisotopic (exact) mass is 210 g/mol. The Hall–Kier alpha value is -1.96. The van der Waals surface area contributed by atoms with Gasteiger partial charge < -0.3 is 9.47 Å². The molecule has 4 rings (SSSR count). The summed E-state index contributed by atoms with van der Waals surface area (Å²) in [5.74, 6) is 1.69. The summed E-state index contributed by atoms with van der Waals surface area (Å²) >= 11 is 0. The third-order valence-corrected chi connectivity index (χ3v) is 3.24. The highest BCUT2D eigenvalue weighted by atomic mass is 16.6. The molecule has 2 aliphatic rings. The summed E-state index contributed by atoms with van der Waals surface area (Å²) in [4.78, 5) is 0. The highest BCUT2D eigenvalue weighted by molar-refractivity contribution is 5.49. The van der Waals surface area contributed by atoms with E-state index in [4.69, 9.17) is 9.47 Å². The van der Waals surface area contributed by atoms with Crippen LogP contribution in [0.15, 0.2) is 48.5 Å². The van der Waals surface area contributed by atoms with Gasteiger partial charge in [-0.1, -0.05) is 36.4 Å². The van der Waals surface area contributed by atoms with Gasteiger partial charge in [-0.2, -0.15) is 0 Å². The second-order valence-corrected chi connectivity index (χ2v) is 4.15. The molecule has 0 fully saturated rings. The van der Waals surface area contributed by atoms with Gasteiger partial charge in [0.05, 0.1) is 0 Å². The first kappa shape index (κ1) is 8.22. The standard InChI is InChI=1S/C14H10O2/c1-2-6-10-9(5-1)13-14(10)16-12-8-4-3-7-11(12)15-13/h1-8,13-14H. The molecule has 0 N–H and O–H groups in total. The fraction of sp³-hybridized carbons (Fsp3) is 0.143. The first-order valence-corrected chi connectivity index (χ1v) is 5.45. The van der Waals surface area contributed by atoms with E-state index >= 15 is 0 Å². The lowest BCUT2D eigenvalue weighted by molar-refractivity contribution is -0.00974. The van der Waals surface area contributed by atoms with E-state index in [-0.39, 0.29) is 12.2 Å². The molecule has 0 amide bonds. The second kappa shape index (κ2) is 2.79. The van der Waals surface area contributed by atoms with Gasteiger partial charge in [-0.15, -0.1) is 0 Å². The summed E-state index contributed by atoms with van der Waals surface area (Å²) in [7, 11) is 0. The molecule has 0 aromatic heterocycles. The van der Waals surface area contributed by atoms with Gasteiger partial charge in [0.1, 0.15) is 0 Å². The normalized spacial score (nSPS) is 24.0. The number of rotatable bonds is 0. The topological polar surface area (TPSA) is 18.5 Å². The minimum absolute atomic E-state index is 0.0751. The van der Waals surface area contributed by atoms with Gasteiger partial charge in [-0.05, 0) is 12.1 Å². The first-order chi connectivity index (χ1) is 7.93. The molecule has 2 unspecified atom stereocenters. The average Bonchev–Trinajstić information content (AvgIpc) is 2.35. The fourth-order valence-corrected chi connectivity index (χ4v) is 2.43. The SMILES string of the molecule is c1ccc2c(c1)OC1c3ccccc3C1O2. The van der Waals surface area contributed by atoms with Gasteiger partial charge in [0.15, 0.2) is 23.7 Å². The van der Waals surface area contributed by atoms with Crippen molar-refractivity contribution in [1.82, 2.24) is 0 Å². The van der Waals surface area contributed by atoms with E-state index in [1.807, 2.05) is 36.4 Å². The van der Waals surface area contributed by atoms with Crippen LogP contribution in [0.2, 0.25) is 0 Å². The predicted molar refractivity (Wildman–Crippen MR) is 59.6 cm³/mol. The van der Waals surface area contributed by atoms with Crippen LogP contribution in [-0.4, -0.2) is 0 Å². The molecule has 2 atom stereocenters. The molecule has 0 saturated carbocycles. The van der Waals surface area contributed by atoms with Crippen LogP contribution in [0, 0.1) is 0 Å². The number of benzene rings is 2. The number of para-hydroxylation sites is 2. The zero-order valence-electron chi connectivity index (χ0n) is 8.59. The molecular weight excluding hydrogens is 200 g/mol. The number of fused-ring (bicyclic) bond motifs is 5. The molecule has 0 spiro atoms. The van der Waals surface area contributed by atoms with Crippen molar-refractivity contribution < 1.29 is 9.47 Å². The lowest BCUT2D eigenvalue weighted by Crippen LogP contribution is -2.35. The lowest BCUT2D eigenvalue weighted by Gasteiger charge is -2.42. The Labute approximate surface area is 93.4 Å². The zero-order chi connectivity index (χ0) is 10.5. The van der Waals surface area contributed by atoms with Gasteiger partial charge in [-0.3, -0.25) is 0 Å². The summed E-state index contributed by atoms with van der Waals surface area (Å²) in [6, 6.07) is 16.1. The lowest BCUT2D eigenvalue weighted by atomic mass is 9.81. The van der Waals surface area contributed by atoms with Crippen LogP contribution >= 0.6 is 0 Å². The summed E-state index contributed by atoms with van der Waals surface area (Å²) in [5.41, 5.74) is 2.50. The van der Waals surface area contributed by atoms with Gasteiger partial charge in [0, 0.05) is 11.1 Å². The van der Waals surface area contributed by atoms with Crippen LogP contribution in [-0.2, 0) is 0 Å². The number of ether oxygens (including phenoxy) is 2. The molecule has 0 saturated heterocycles. The molecule has 1 aliphatic heterocycles. The van der Waals surface area contributed by atoms with Crippen molar-refractivity contribution in [3.8, 4) is 11.5 Å². The fourth-order valence-electron chi connectivity index (χ4n) is 2.43. The smallest absolute Gasteiger partial charge is 0.165 e. The maximum absolute atomic E-state index is 5.93. The molecule has 1 heterocycles. The van der Waals surface area contributed by atoms with E-state index in [1.54, 1.807) is 0 Å². The van der Waals surface area contributed by atoms with E-state index < -0.39 is 0 Å². The average molecular weight is 210 g/mol. The maximum atomic E-state index is 5.93. The molecule has 1 aliphatic carbocycles. The second-order valence-electron chi connectivity index (χ2n) is 4.15. The van der Waals surface area contributed by atoms with E-state index in [2.05, 4.69) is 12.1 Å². The van der Waals surface area contributed by atoms with Crippen LogP contribution in [0.4, 0.5) is 0 Å². The van der Waals surface area contributed by atoms with Crippen molar-refractivity contribution in [1.29, 1.82) is 0 Å². The number of hydrogen-bond donors (Lipinski definition) is 0. The molecule has 2 nitrogen and oxygen atoms in total. The van der Waals surface area contributed by atoms with Gasteiger partial charge in [0.25, 0.3) is 0 Å². The van der Waals surface area contributed by atoms with Crippen LogP contribution in [0.25, 0.3) is 0 Å². The molecule has 0 bridgehead atoms. The van der Waals surface area contributed by atoms with Crippen molar-refractivity contribution in [2.45, 2.75) is 12.2 Å². The molecule has 2 aromatic carbocycles. The Morgan fingerprint density at radius 3 is 1.56 bits per heavy atom. The van der Waals surface area contributed by atoms with Crippen LogP contribution in [0.1, 0.15) is 23.3 Å². The number of hydrogen-bond acceptors (Lipinski definition) is 2. The van der Waals surface area contributed by atoms with Gasteiger partial charge in [-0.25, -0.2) is 0 Å². The molecule has 2 heteroatoms. The Kier molecular flexibility index (Phi) is 1.43. The van der Waals surface area contributed by atoms with Crippen molar-refractivity contribution in [3.05, 3.63) is 59.7 Å². The Balaban J connectivity index is 1.80. The summed E-state index contributed by atoms with van der Waals surface area (Å²) < 4.78 is 11.9. The molecule has 2 aromatic rings. The van der Waals surface area contributed by atoms with Crippen molar-refractivity contribution in [2.75, 3.05) is 0 Å². The minimum atomic E-state index is 0.0751. The molecule has 16 heavy (non-hydrogen) atoms. The van der Waals surface area contributed by atoms with Gasteiger partial charge >= 0.3 is 0 Å². The Morgan fingerprint density at radius 2 is 1.06 bits per heavy atom. The first-order valence-electron chi connectivity index (χ1n) is 5.45. The summed E-state index contributed by atoms with van der Waals surface area (Å²) in [5, 5.41) is 0. The van der Waals surface area contributed by atoms with E-state index in [0.717, 1.165) is 11.5 Å². The predicted octanol–water partition coefficient (Wildman–Crippen LogP) is 3.25. The van der Waals surface area contributed by atoms with Crippen molar-refractivity contribution in [2.24, 2.45) is 0 Å². The largest absolute Gasteiger partial charge is 0.478 e. The Morgan fingerprint density at radius 1 is 0.625 bits per heavy atom. The highest BCUT2D eigenvalue weighted by Crippen LogP contribution is 2.53. The van der Waals surface area contributed by atoms with E-state index in [1.165, 1.54) is 11.1 Å². The van der Waals surface area contributed by atoms with Crippen LogP contribution in [0.3, 0.4) is 0 Å². The maximum Gasteiger partial charge on any atom is 0.165 e. The molecule has 0 radical (unpaired) electrons. The molecule has 78 valence electrons. The van der Waals surface area contributed by atoms with E-state index in [0.29, 0.717) is 0 Å². The highest BCUT2D eigenvalue weighted by Gasteiger charge is 2.44. The van der Waals surface area contributed by atoms with Crippen molar-refractivity contribution >= 4 is 0 Å². The zero-order valence-corrected chi connectivity index (χ0v) is 8.59. The Bertz CT molecular complexity index is 481. The van der Waals surface area contributed by atoms with Crippen LogP contribution < -0.4 is 9.47 Å².